The summed E-state index contributed by atoms with van der Waals surface area (Å²) in [6.45, 7) is 9.17. The van der Waals surface area contributed by atoms with Crippen molar-refractivity contribution in [3.05, 3.63) is 25.3 Å². The maximum absolute atomic E-state index is 12.3. The molecule has 29 heavy (non-hydrogen) atoms. The molecule has 2 N–H and O–H groups in total. The molecule has 3 heterocycles. The van der Waals surface area contributed by atoms with Crippen LogP contribution in [-0.4, -0.2) is 87.2 Å². The van der Waals surface area contributed by atoms with Crippen molar-refractivity contribution in [2.45, 2.75) is 25.8 Å². The zero-order chi connectivity index (χ0) is 21.1. The normalized spacial score (nSPS) is 20.1. The van der Waals surface area contributed by atoms with E-state index >= 15 is 0 Å². The van der Waals surface area contributed by atoms with Crippen LogP contribution in [0.3, 0.4) is 0 Å². The molecule has 2 aliphatic heterocycles. The lowest BCUT2D eigenvalue weighted by molar-refractivity contribution is -0.128. The molecule has 10 nitrogen and oxygen atoms in total. The largest absolute Gasteiger partial charge is 0.483 e. The van der Waals surface area contributed by atoms with Crippen molar-refractivity contribution in [3.8, 4) is 0 Å². The van der Waals surface area contributed by atoms with Gasteiger partial charge in [-0.3, -0.25) is 14.4 Å². The highest BCUT2D eigenvalue weighted by molar-refractivity contribution is 5.89. The van der Waals surface area contributed by atoms with Crippen LogP contribution in [0.4, 0.5) is 0 Å². The number of hydrogen-bond acceptors (Lipinski definition) is 6. The van der Waals surface area contributed by atoms with Gasteiger partial charge in [0.1, 0.15) is 12.7 Å². The van der Waals surface area contributed by atoms with Crippen LogP contribution in [0.5, 0.6) is 0 Å². The van der Waals surface area contributed by atoms with E-state index in [0.717, 1.165) is 39.0 Å². The predicted octanol–water partition coefficient (Wildman–Crippen LogP) is -0.158. The summed E-state index contributed by atoms with van der Waals surface area (Å²) in [5.74, 6) is 0.365. The number of carbonyl (C=O) groups is 3. The fourth-order valence-electron chi connectivity index (χ4n) is 3.68. The molecule has 1 atom stereocenters. The van der Waals surface area contributed by atoms with Crippen molar-refractivity contribution in [2.75, 3.05) is 39.3 Å². The SMILES string of the molecule is C=CCN1CC(C(=O)NCC2CCN(CCn3cnnc3)CC2)CC1=O.O=CO. The van der Waals surface area contributed by atoms with Gasteiger partial charge in [0.05, 0.1) is 5.92 Å². The third kappa shape index (κ3) is 7.30. The zero-order valence-corrected chi connectivity index (χ0v) is 16.7. The molecule has 0 radical (unpaired) electrons. The number of hydrogen-bond donors (Lipinski definition) is 2. The van der Waals surface area contributed by atoms with Gasteiger partial charge in [0.25, 0.3) is 6.47 Å². The molecule has 0 saturated carbocycles. The van der Waals surface area contributed by atoms with Crippen molar-refractivity contribution in [1.29, 1.82) is 0 Å². The van der Waals surface area contributed by atoms with Gasteiger partial charge in [0, 0.05) is 39.1 Å². The quantitative estimate of drug-likeness (QED) is 0.455. The van der Waals surface area contributed by atoms with E-state index in [9.17, 15) is 9.59 Å². The highest BCUT2D eigenvalue weighted by Crippen LogP contribution is 2.19. The van der Waals surface area contributed by atoms with E-state index < -0.39 is 0 Å². The number of aromatic nitrogens is 3. The first-order valence-corrected chi connectivity index (χ1v) is 9.86. The molecular formula is C19H30N6O4. The maximum Gasteiger partial charge on any atom is 0.290 e. The van der Waals surface area contributed by atoms with Gasteiger partial charge >= 0.3 is 0 Å². The average molecular weight is 406 g/mol. The molecule has 2 saturated heterocycles. The topological polar surface area (TPSA) is 121 Å². The van der Waals surface area contributed by atoms with E-state index in [4.69, 9.17) is 9.90 Å². The lowest BCUT2D eigenvalue weighted by Crippen LogP contribution is -2.41. The molecular weight excluding hydrogens is 376 g/mol. The van der Waals surface area contributed by atoms with Crippen molar-refractivity contribution >= 4 is 18.3 Å². The van der Waals surface area contributed by atoms with Gasteiger partial charge in [-0.15, -0.1) is 16.8 Å². The second-order valence-electron chi connectivity index (χ2n) is 7.32. The Morgan fingerprint density at radius 1 is 1.28 bits per heavy atom. The van der Waals surface area contributed by atoms with Crippen molar-refractivity contribution in [1.82, 2.24) is 29.9 Å². The first-order chi connectivity index (χ1) is 14.1. The lowest BCUT2D eigenvalue weighted by Gasteiger charge is -2.32. The molecule has 10 heteroatoms. The molecule has 2 fully saturated rings. The monoisotopic (exact) mass is 406 g/mol. The summed E-state index contributed by atoms with van der Waals surface area (Å²) in [4.78, 5) is 36.7. The van der Waals surface area contributed by atoms with Gasteiger partial charge < -0.3 is 24.8 Å². The third-order valence-corrected chi connectivity index (χ3v) is 5.35. The van der Waals surface area contributed by atoms with Crippen LogP contribution in [0, 0.1) is 11.8 Å². The summed E-state index contributed by atoms with van der Waals surface area (Å²) in [5, 5.41) is 17.6. The Balaban J connectivity index is 0.000000941. The van der Waals surface area contributed by atoms with Crippen molar-refractivity contribution in [2.24, 2.45) is 11.8 Å². The standard InChI is InChI=1S/C18H28N6O2.CH2O2/c1-2-5-24-12-16(10-17(24)25)18(26)19-11-15-3-6-22(7-4-15)8-9-23-13-20-21-14-23;2-1-3/h2,13-16H,1,3-12H2,(H,19,26);1H,(H,2,3). The zero-order valence-electron chi connectivity index (χ0n) is 16.7. The van der Waals surface area contributed by atoms with Gasteiger partial charge in [-0.1, -0.05) is 6.08 Å². The van der Waals surface area contributed by atoms with Crippen LogP contribution in [0.1, 0.15) is 19.3 Å². The molecule has 3 rings (SSSR count). The summed E-state index contributed by atoms with van der Waals surface area (Å²) in [6, 6.07) is 0. The second-order valence-corrected chi connectivity index (χ2v) is 7.32. The Hall–Kier alpha value is -2.75. The number of amides is 2. The van der Waals surface area contributed by atoms with E-state index in [-0.39, 0.29) is 24.2 Å². The van der Waals surface area contributed by atoms with E-state index in [1.807, 2.05) is 4.57 Å². The van der Waals surface area contributed by atoms with Crippen LogP contribution in [0.2, 0.25) is 0 Å². The Labute approximate surface area is 170 Å². The Morgan fingerprint density at radius 2 is 1.93 bits per heavy atom. The lowest BCUT2D eigenvalue weighted by atomic mass is 9.96. The molecule has 2 amide bonds. The fraction of sp³-hybridized carbons (Fsp3) is 0.632. The number of nitrogens with one attached hydrogen (secondary N) is 1. The second kappa shape index (κ2) is 11.9. The van der Waals surface area contributed by atoms with Gasteiger partial charge in [-0.05, 0) is 31.8 Å². The number of nitrogens with zero attached hydrogens (tertiary/aromatic N) is 5. The van der Waals surface area contributed by atoms with Crippen molar-refractivity contribution in [3.63, 3.8) is 0 Å². The Bertz CT molecular complexity index is 658. The van der Waals surface area contributed by atoms with Crippen LogP contribution in [-0.2, 0) is 20.9 Å². The van der Waals surface area contributed by atoms with E-state index in [2.05, 4.69) is 27.0 Å². The van der Waals surface area contributed by atoms with E-state index in [1.165, 1.54) is 0 Å². The minimum absolute atomic E-state index is 0.0138. The highest BCUT2D eigenvalue weighted by atomic mass is 16.3. The predicted molar refractivity (Wildman–Crippen MR) is 106 cm³/mol. The molecule has 0 spiro atoms. The molecule has 0 aliphatic carbocycles. The summed E-state index contributed by atoms with van der Waals surface area (Å²) in [5.41, 5.74) is 0. The van der Waals surface area contributed by atoms with Crippen LogP contribution < -0.4 is 5.32 Å². The van der Waals surface area contributed by atoms with Crippen LogP contribution >= 0.6 is 0 Å². The number of piperidine rings is 1. The first-order valence-electron chi connectivity index (χ1n) is 9.86. The first kappa shape index (κ1) is 22.5. The van der Waals surface area contributed by atoms with E-state index in [0.29, 0.717) is 32.0 Å². The minimum atomic E-state index is -0.250. The summed E-state index contributed by atoms with van der Waals surface area (Å²) in [6.07, 6.45) is 7.69. The third-order valence-electron chi connectivity index (χ3n) is 5.35. The van der Waals surface area contributed by atoms with Crippen molar-refractivity contribution < 1.29 is 19.5 Å². The average Bonchev–Trinajstić information content (AvgIpc) is 3.36. The number of carboxylic acid groups (broad SMARTS) is 1. The number of rotatable bonds is 8. The number of carbonyl (C=O) groups excluding carboxylic acids is 2. The van der Waals surface area contributed by atoms with Crippen LogP contribution in [0.25, 0.3) is 0 Å². The molecule has 0 aromatic carbocycles. The molecule has 1 unspecified atom stereocenters. The molecule has 1 aromatic rings. The Morgan fingerprint density at radius 3 is 2.55 bits per heavy atom. The maximum atomic E-state index is 12.3. The smallest absolute Gasteiger partial charge is 0.290 e. The van der Waals surface area contributed by atoms with E-state index in [1.54, 1.807) is 23.6 Å². The molecule has 1 aromatic heterocycles. The summed E-state index contributed by atoms with van der Waals surface area (Å²) >= 11 is 0. The highest BCUT2D eigenvalue weighted by Gasteiger charge is 2.33. The van der Waals surface area contributed by atoms with Crippen LogP contribution in [0.15, 0.2) is 25.3 Å². The fourth-order valence-corrected chi connectivity index (χ4v) is 3.68. The molecule has 160 valence electrons. The summed E-state index contributed by atoms with van der Waals surface area (Å²) in [7, 11) is 0. The van der Waals surface area contributed by atoms with Gasteiger partial charge in [-0.2, -0.15) is 0 Å². The Kier molecular flexibility index (Phi) is 9.29. The molecule has 0 bridgehead atoms. The summed E-state index contributed by atoms with van der Waals surface area (Å²) < 4.78 is 1.99. The van der Waals surface area contributed by atoms with Gasteiger partial charge in [0.2, 0.25) is 11.8 Å². The van der Waals surface area contributed by atoms with Gasteiger partial charge in [-0.25, -0.2) is 0 Å². The van der Waals surface area contributed by atoms with Gasteiger partial charge in [0.15, 0.2) is 0 Å². The number of likely N-dealkylation sites (tertiary alicyclic amines) is 2. The minimum Gasteiger partial charge on any atom is -0.483 e. The molecule has 2 aliphatic rings.